The average molecular weight is 294 g/mol. The van der Waals surface area contributed by atoms with Crippen LogP contribution in [0.25, 0.3) is 0 Å². The largest absolute Gasteiger partial charge is 0.486 e. The smallest absolute Gasteiger partial charge is 0.146 e. The Morgan fingerprint density at radius 1 is 1.25 bits per heavy atom. The molecule has 4 heteroatoms. The molecule has 0 aliphatic carbocycles. The molecule has 0 saturated carbocycles. The first-order valence-corrected chi connectivity index (χ1v) is 7.15. The van der Waals surface area contributed by atoms with E-state index >= 15 is 0 Å². The third kappa shape index (κ3) is 3.56. The lowest BCUT2D eigenvalue weighted by atomic mass is 10.1. The van der Waals surface area contributed by atoms with E-state index in [-0.39, 0.29) is 0 Å². The fourth-order valence-corrected chi connectivity index (χ4v) is 2.34. The van der Waals surface area contributed by atoms with Crippen LogP contribution in [0.5, 0.6) is 5.75 Å². The van der Waals surface area contributed by atoms with Crippen molar-refractivity contribution < 1.29 is 9.15 Å². The van der Waals surface area contributed by atoms with Crippen molar-refractivity contribution in [1.82, 2.24) is 5.32 Å². The van der Waals surface area contributed by atoms with Crippen molar-refractivity contribution >= 4 is 11.6 Å². The van der Waals surface area contributed by atoms with Gasteiger partial charge in [0, 0.05) is 17.1 Å². The van der Waals surface area contributed by atoms with Crippen LogP contribution in [0, 0.1) is 6.92 Å². The van der Waals surface area contributed by atoms with Gasteiger partial charge in [-0.1, -0.05) is 18.5 Å². The van der Waals surface area contributed by atoms with Gasteiger partial charge in [0.25, 0.3) is 0 Å². The fraction of sp³-hybridized carbons (Fsp3) is 0.375. The Hall–Kier alpha value is -1.45. The molecule has 1 heterocycles. The van der Waals surface area contributed by atoms with Crippen molar-refractivity contribution in [1.29, 1.82) is 0 Å². The van der Waals surface area contributed by atoms with Crippen molar-refractivity contribution in [2.24, 2.45) is 0 Å². The molecule has 0 aliphatic rings. The van der Waals surface area contributed by atoms with E-state index in [0.717, 1.165) is 46.4 Å². The topological polar surface area (TPSA) is 34.4 Å². The first-order chi connectivity index (χ1) is 9.63. The number of nitrogens with one attached hydrogen (secondary N) is 1. The van der Waals surface area contributed by atoms with Crippen molar-refractivity contribution in [3.05, 3.63) is 51.9 Å². The fourth-order valence-electron chi connectivity index (χ4n) is 2.09. The molecule has 3 nitrogen and oxygen atoms in total. The molecule has 0 unspecified atom stereocenters. The van der Waals surface area contributed by atoms with Crippen molar-refractivity contribution in [3.8, 4) is 5.75 Å². The molecule has 1 aromatic carbocycles. The van der Waals surface area contributed by atoms with Gasteiger partial charge in [-0.3, -0.25) is 0 Å². The molecule has 0 spiro atoms. The van der Waals surface area contributed by atoms with Crippen LogP contribution in [0.15, 0.2) is 28.7 Å². The summed E-state index contributed by atoms with van der Waals surface area (Å²) in [5, 5.41) is 3.90. The van der Waals surface area contributed by atoms with Gasteiger partial charge in [0.1, 0.15) is 23.9 Å². The number of halogens is 1. The van der Waals surface area contributed by atoms with Crippen LogP contribution in [0.3, 0.4) is 0 Å². The second-order valence-corrected chi connectivity index (χ2v) is 5.13. The van der Waals surface area contributed by atoms with Crippen LogP contribution in [0.1, 0.15) is 29.6 Å². The molecule has 2 rings (SSSR count). The Balaban J connectivity index is 2.03. The Kier molecular flexibility index (Phi) is 5.10. The van der Waals surface area contributed by atoms with Crippen LogP contribution in [0.2, 0.25) is 5.02 Å². The number of aryl methyl sites for hydroxylation is 2. The molecule has 0 saturated heterocycles. The SMILES string of the molecule is CCc1cc(OCc2cc(CNC)c(C)o2)ccc1Cl. The Labute approximate surface area is 124 Å². The maximum absolute atomic E-state index is 6.09. The minimum atomic E-state index is 0.426. The lowest BCUT2D eigenvalue weighted by Gasteiger charge is -2.07. The molecule has 0 atom stereocenters. The van der Waals surface area contributed by atoms with Crippen LogP contribution < -0.4 is 10.1 Å². The summed E-state index contributed by atoms with van der Waals surface area (Å²) in [6, 6.07) is 7.76. The second-order valence-electron chi connectivity index (χ2n) is 4.72. The van der Waals surface area contributed by atoms with Crippen molar-refractivity contribution in [3.63, 3.8) is 0 Å². The van der Waals surface area contributed by atoms with Crippen LogP contribution in [-0.2, 0) is 19.6 Å². The third-order valence-electron chi connectivity index (χ3n) is 3.22. The van der Waals surface area contributed by atoms with Gasteiger partial charge in [-0.15, -0.1) is 0 Å². The van der Waals surface area contributed by atoms with E-state index in [9.17, 15) is 0 Å². The number of ether oxygens (including phenoxy) is 1. The zero-order chi connectivity index (χ0) is 14.5. The van der Waals surface area contributed by atoms with Gasteiger partial charge in [-0.25, -0.2) is 0 Å². The van der Waals surface area contributed by atoms with E-state index in [1.165, 1.54) is 0 Å². The van der Waals surface area contributed by atoms with Crippen LogP contribution >= 0.6 is 11.6 Å². The molecule has 2 aromatic rings. The summed E-state index contributed by atoms with van der Waals surface area (Å²) in [4.78, 5) is 0. The molecule has 108 valence electrons. The minimum Gasteiger partial charge on any atom is -0.486 e. The number of furan rings is 1. The highest BCUT2D eigenvalue weighted by atomic mass is 35.5. The lowest BCUT2D eigenvalue weighted by Crippen LogP contribution is -2.04. The first kappa shape index (κ1) is 14.9. The summed E-state index contributed by atoms with van der Waals surface area (Å²) >= 11 is 6.09. The summed E-state index contributed by atoms with van der Waals surface area (Å²) in [5.41, 5.74) is 2.26. The Morgan fingerprint density at radius 2 is 2.05 bits per heavy atom. The van der Waals surface area contributed by atoms with E-state index in [0.29, 0.717) is 6.61 Å². The first-order valence-electron chi connectivity index (χ1n) is 6.78. The lowest BCUT2D eigenvalue weighted by molar-refractivity contribution is 0.267. The Bertz CT molecular complexity index is 578. The third-order valence-corrected chi connectivity index (χ3v) is 3.59. The van der Waals surface area contributed by atoms with Gasteiger partial charge >= 0.3 is 0 Å². The number of hydrogen-bond acceptors (Lipinski definition) is 3. The van der Waals surface area contributed by atoms with Crippen molar-refractivity contribution in [2.45, 2.75) is 33.4 Å². The molecule has 1 N–H and O–H groups in total. The summed E-state index contributed by atoms with van der Waals surface area (Å²) in [6.07, 6.45) is 0.891. The van der Waals surface area contributed by atoms with Gasteiger partial charge in [0.2, 0.25) is 0 Å². The predicted molar refractivity (Wildman–Crippen MR) is 81.4 cm³/mol. The molecule has 0 fully saturated rings. The summed E-state index contributed by atoms with van der Waals surface area (Å²) in [5.74, 6) is 2.58. The molecule has 1 aromatic heterocycles. The molecular weight excluding hydrogens is 274 g/mol. The summed E-state index contributed by atoms with van der Waals surface area (Å²) in [7, 11) is 1.92. The molecule has 20 heavy (non-hydrogen) atoms. The van der Waals surface area contributed by atoms with E-state index in [1.54, 1.807) is 0 Å². The predicted octanol–water partition coefficient (Wildman–Crippen LogP) is 4.10. The maximum atomic E-state index is 6.09. The summed E-state index contributed by atoms with van der Waals surface area (Å²) in [6.45, 7) is 5.27. The highest BCUT2D eigenvalue weighted by molar-refractivity contribution is 6.31. The van der Waals surface area contributed by atoms with E-state index in [1.807, 2.05) is 38.2 Å². The zero-order valence-corrected chi connectivity index (χ0v) is 12.9. The number of benzene rings is 1. The number of hydrogen-bond donors (Lipinski definition) is 1. The standard InChI is InChI=1S/C16H20ClNO2/c1-4-12-7-14(5-6-16(12)17)19-10-15-8-13(9-18-3)11(2)20-15/h5-8,18H,4,9-10H2,1-3H3. The van der Waals surface area contributed by atoms with Gasteiger partial charge in [-0.2, -0.15) is 0 Å². The van der Waals surface area contributed by atoms with Crippen LogP contribution in [0.4, 0.5) is 0 Å². The quantitative estimate of drug-likeness (QED) is 0.870. The molecule has 0 aliphatic heterocycles. The van der Waals surface area contributed by atoms with E-state index in [4.69, 9.17) is 20.8 Å². The molecular formula is C16H20ClNO2. The van der Waals surface area contributed by atoms with E-state index in [2.05, 4.69) is 12.2 Å². The normalized spacial score (nSPS) is 10.8. The van der Waals surface area contributed by atoms with Gasteiger partial charge in [0.15, 0.2) is 0 Å². The summed E-state index contributed by atoms with van der Waals surface area (Å²) < 4.78 is 11.4. The zero-order valence-electron chi connectivity index (χ0n) is 12.1. The Morgan fingerprint density at radius 3 is 2.75 bits per heavy atom. The highest BCUT2D eigenvalue weighted by Gasteiger charge is 2.08. The molecule has 0 bridgehead atoms. The average Bonchev–Trinajstić information content (AvgIpc) is 2.79. The monoisotopic (exact) mass is 293 g/mol. The number of rotatable bonds is 6. The molecule has 0 radical (unpaired) electrons. The van der Waals surface area contributed by atoms with Gasteiger partial charge in [-0.05, 0) is 50.2 Å². The maximum Gasteiger partial charge on any atom is 0.146 e. The molecule has 0 amide bonds. The second kappa shape index (κ2) is 6.82. The van der Waals surface area contributed by atoms with Crippen LogP contribution in [-0.4, -0.2) is 7.05 Å². The van der Waals surface area contributed by atoms with E-state index < -0.39 is 0 Å². The highest BCUT2D eigenvalue weighted by Crippen LogP contribution is 2.24. The van der Waals surface area contributed by atoms with Crippen molar-refractivity contribution in [2.75, 3.05) is 7.05 Å². The van der Waals surface area contributed by atoms with Gasteiger partial charge in [0.05, 0.1) is 0 Å². The van der Waals surface area contributed by atoms with Gasteiger partial charge < -0.3 is 14.5 Å². The minimum absolute atomic E-state index is 0.426.